The van der Waals surface area contributed by atoms with Gasteiger partial charge in [-0.2, -0.15) is 0 Å². The summed E-state index contributed by atoms with van der Waals surface area (Å²) in [7, 11) is 0. The lowest BCUT2D eigenvalue weighted by Gasteiger charge is -2.29. The molecule has 0 aliphatic carbocycles. The molecule has 8 heteroatoms. The van der Waals surface area contributed by atoms with Gasteiger partial charge >= 0.3 is 0 Å². The molecule has 7 nitrogen and oxygen atoms in total. The fourth-order valence-corrected chi connectivity index (χ4v) is 4.41. The van der Waals surface area contributed by atoms with Gasteiger partial charge < -0.3 is 15.1 Å². The molecular formula is C20H36IN5O2. The summed E-state index contributed by atoms with van der Waals surface area (Å²) in [6.07, 6.45) is 6.94. The predicted octanol–water partition coefficient (Wildman–Crippen LogP) is 1.92. The molecule has 3 aliphatic heterocycles. The summed E-state index contributed by atoms with van der Waals surface area (Å²) < 4.78 is 0. The van der Waals surface area contributed by atoms with Crippen LogP contribution in [-0.4, -0.2) is 84.8 Å². The zero-order valence-corrected chi connectivity index (χ0v) is 19.5. The van der Waals surface area contributed by atoms with Crippen LogP contribution in [0.5, 0.6) is 0 Å². The van der Waals surface area contributed by atoms with E-state index in [-0.39, 0.29) is 35.8 Å². The lowest BCUT2D eigenvalue weighted by Crippen LogP contribution is -2.43. The van der Waals surface area contributed by atoms with Crippen LogP contribution < -0.4 is 5.32 Å². The van der Waals surface area contributed by atoms with Crippen LogP contribution in [0.15, 0.2) is 4.99 Å². The quantitative estimate of drug-likeness (QED) is 0.259. The minimum Gasteiger partial charge on any atom is -0.357 e. The topological polar surface area (TPSA) is 68.2 Å². The van der Waals surface area contributed by atoms with E-state index in [2.05, 4.69) is 22.0 Å². The number of carbonyl (C=O) groups excluding carboxylic acids is 2. The van der Waals surface area contributed by atoms with Crippen LogP contribution in [0.25, 0.3) is 0 Å². The Labute approximate surface area is 186 Å². The van der Waals surface area contributed by atoms with Crippen LogP contribution in [0.2, 0.25) is 0 Å². The largest absolute Gasteiger partial charge is 0.357 e. The van der Waals surface area contributed by atoms with E-state index in [1.165, 1.54) is 50.2 Å². The maximum Gasteiger partial charge on any atom is 0.229 e. The average Bonchev–Trinajstić information content (AvgIpc) is 3.12. The normalized spacial score (nSPS) is 24.5. The van der Waals surface area contributed by atoms with Gasteiger partial charge in [-0.05, 0) is 51.6 Å². The second-order valence-electron chi connectivity index (χ2n) is 7.99. The highest BCUT2D eigenvalue weighted by Gasteiger charge is 2.28. The van der Waals surface area contributed by atoms with Crippen LogP contribution >= 0.6 is 24.0 Å². The highest BCUT2D eigenvalue weighted by Crippen LogP contribution is 2.20. The Kier molecular flexibility index (Phi) is 9.98. The number of hydrogen-bond donors (Lipinski definition) is 1. The molecule has 1 N–H and O–H groups in total. The lowest BCUT2D eigenvalue weighted by molar-refractivity contribution is -0.147. The van der Waals surface area contributed by atoms with Gasteiger partial charge in [-0.1, -0.05) is 6.42 Å². The molecule has 0 radical (unpaired) electrons. The summed E-state index contributed by atoms with van der Waals surface area (Å²) in [5.41, 5.74) is 0. The Morgan fingerprint density at radius 2 is 1.79 bits per heavy atom. The van der Waals surface area contributed by atoms with Gasteiger partial charge in [-0.15, -0.1) is 24.0 Å². The van der Waals surface area contributed by atoms with Crippen molar-refractivity contribution in [3.8, 4) is 0 Å². The highest BCUT2D eigenvalue weighted by atomic mass is 127. The molecule has 0 spiro atoms. The van der Waals surface area contributed by atoms with Crippen molar-refractivity contribution in [3.05, 3.63) is 0 Å². The Hall–Kier alpha value is -0.900. The summed E-state index contributed by atoms with van der Waals surface area (Å²) in [5.74, 6) is 1.54. The second kappa shape index (κ2) is 11.9. The highest BCUT2D eigenvalue weighted by molar-refractivity contribution is 14.0. The summed E-state index contributed by atoms with van der Waals surface area (Å²) in [4.78, 5) is 34.9. The number of imide groups is 1. The number of guanidine groups is 1. The molecule has 2 amide bonds. The molecule has 3 fully saturated rings. The first-order valence-corrected chi connectivity index (χ1v) is 10.8. The number of hydrogen-bond acceptors (Lipinski definition) is 4. The number of amides is 2. The Bertz CT molecular complexity index is 535. The van der Waals surface area contributed by atoms with Gasteiger partial charge in [0.2, 0.25) is 11.8 Å². The number of aliphatic imine (C=N–C) groups is 1. The Balaban J connectivity index is 0.00000280. The summed E-state index contributed by atoms with van der Waals surface area (Å²) in [6.45, 7) is 9.57. The number of carbonyl (C=O) groups is 2. The third kappa shape index (κ3) is 6.57. The molecule has 0 aromatic rings. The first-order valence-electron chi connectivity index (χ1n) is 10.8. The number of nitrogens with one attached hydrogen (secondary N) is 1. The molecule has 160 valence electrons. The molecule has 3 rings (SSSR count). The van der Waals surface area contributed by atoms with E-state index in [1.807, 2.05) is 0 Å². The summed E-state index contributed by atoms with van der Waals surface area (Å²) in [6, 6.07) is 0. The van der Waals surface area contributed by atoms with Crippen molar-refractivity contribution >= 4 is 41.8 Å². The molecule has 28 heavy (non-hydrogen) atoms. The number of piperidine rings is 2. The predicted molar refractivity (Wildman–Crippen MR) is 122 cm³/mol. The standard InChI is InChI=1S/C20H35N5O2.HI/c1-2-21-20(22-10-14-25-18(26)7-6-8-19(25)27)24-13-9-17(16-24)15-23-11-4-3-5-12-23;/h17H,2-16H2,1H3,(H,21,22);1H. The van der Waals surface area contributed by atoms with E-state index in [9.17, 15) is 9.59 Å². The Morgan fingerprint density at radius 3 is 2.46 bits per heavy atom. The van der Waals surface area contributed by atoms with Crippen molar-refractivity contribution in [1.29, 1.82) is 0 Å². The first-order chi connectivity index (χ1) is 13.2. The zero-order valence-electron chi connectivity index (χ0n) is 17.2. The maximum absolute atomic E-state index is 11.9. The lowest BCUT2D eigenvalue weighted by atomic mass is 10.1. The molecular weight excluding hydrogens is 469 g/mol. The van der Waals surface area contributed by atoms with Crippen molar-refractivity contribution in [2.45, 2.75) is 51.9 Å². The second-order valence-corrected chi connectivity index (χ2v) is 7.99. The third-order valence-corrected chi connectivity index (χ3v) is 5.85. The van der Waals surface area contributed by atoms with Gasteiger partial charge in [0.1, 0.15) is 0 Å². The summed E-state index contributed by atoms with van der Waals surface area (Å²) >= 11 is 0. The van der Waals surface area contributed by atoms with E-state index in [1.54, 1.807) is 0 Å². The minimum atomic E-state index is -0.0470. The third-order valence-electron chi connectivity index (χ3n) is 5.85. The van der Waals surface area contributed by atoms with Crippen LogP contribution in [-0.2, 0) is 9.59 Å². The molecule has 1 unspecified atom stereocenters. The number of likely N-dealkylation sites (tertiary alicyclic amines) is 3. The minimum absolute atomic E-state index is 0. The zero-order chi connectivity index (χ0) is 19.1. The van der Waals surface area contributed by atoms with Crippen molar-refractivity contribution in [1.82, 2.24) is 20.0 Å². The van der Waals surface area contributed by atoms with Crippen molar-refractivity contribution in [3.63, 3.8) is 0 Å². The van der Waals surface area contributed by atoms with Crippen LogP contribution in [0, 0.1) is 5.92 Å². The average molecular weight is 505 g/mol. The SMILES string of the molecule is CCNC(=NCCN1C(=O)CCCC1=O)N1CCC(CN2CCCCC2)C1.I. The number of nitrogens with zero attached hydrogens (tertiary/aromatic N) is 4. The van der Waals surface area contributed by atoms with E-state index in [4.69, 9.17) is 4.99 Å². The maximum atomic E-state index is 11.9. The molecule has 3 aliphatic rings. The van der Waals surface area contributed by atoms with Crippen LogP contribution in [0.3, 0.4) is 0 Å². The van der Waals surface area contributed by atoms with E-state index in [0.29, 0.717) is 38.3 Å². The smallest absolute Gasteiger partial charge is 0.229 e. The fourth-order valence-electron chi connectivity index (χ4n) is 4.41. The molecule has 0 bridgehead atoms. The van der Waals surface area contributed by atoms with E-state index < -0.39 is 0 Å². The molecule has 0 saturated carbocycles. The molecule has 3 heterocycles. The van der Waals surface area contributed by atoms with Gasteiger partial charge in [0.05, 0.1) is 6.54 Å². The first kappa shape index (κ1) is 23.4. The van der Waals surface area contributed by atoms with Gasteiger partial charge in [0, 0.05) is 45.6 Å². The fraction of sp³-hybridized carbons (Fsp3) is 0.850. The van der Waals surface area contributed by atoms with Crippen LogP contribution in [0.1, 0.15) is 51.9 Å². The molecule has 1 atom stereocenters. The monoisotopic (exact) mass is 505 g/mol. The van der Waals surface area contributed by atoms with Gasteiger partial charge in [0.15, 0.2) is 5.96 Å². The van der Waals surface area contributed by atoms with E-state index in [0.717, 1.165) is 25.6 Å². The van der Waals surface area contributed by atoms with Crippen molar-refractivity contribution in [2.24, 2.45) is 10.9 Å². The van der Waals surface area contributed by atoms with Gasteiger partial charge in [-0.3, -0.25) is 19.5 Å². The molecule has 3 saturated heterocycles. The summed E-state index contributed by atoms with van der Waals surface area (Å²) in [5, 5.41) is 3.38. The number of halogens is 1. The molecule has 0 aromatic heterocycles. The Morgan fingerprint density at radius 1 is 1.07 bits per heavy atom. The van der Waals surface area contributed by atoms with Crippen molar-refractivity contribution in [2.75, 3.05) is 52.4 Å². The van der Waals surface area contributed by atoms with Crippen molar-refractivity contribution < 1.29 is 9.59 Å². The van der Waals surface area contributed by atoms with Crippen LogP contribution in [0.4, 0.5) is 0 Å². The van der Waals surface area contributed by atoms with Gasteiger partial charge in [-0.25, -0.2) is 0 Å². The van der Waals surface area contributed by atoms with E-state index >= 15 is 0 Å². The van der Waals surface area contributed by atoms with Gasteiger partial charge in [0.25, 0.3) is 0 Å². The number of rotatable bonds is 6. The molecule has 0 aromatic carbocycles.